The second-order valence-corrected chi connectivity index (χ2v) is 3.84. The Labute approximate surface area is 90.5 Å². The molecule has 76 valence electrons. The largest absolute Gasteiger partial charge is 0.479 e. The zero-order chi connectivity index (χ0) is 10.6. The second-order valence-electron chi connectivity index (χ2n) is 2.98. The Kier molecular flexibility index (Phi) is 4.10. The minimum Gasteiger partial charge on any atom is -0.479 e. The number of aliphatic carboxylic acids is 1. The average Bonchev–Trinajstić information content (AvgIpc) is 2.16. The molecule has 0 spiro atoms. The van der Waals surface area contributed by atoms with Crippen LogP contribution in [-0.2, 0) is 11.2 Å². The summed E-state index contributed by atoms with van der Waals surface area (Å²) >= 11 is 3.35. The van der Waals surface area contributed by atoms with E-state index in [0.717, 1.165) is 10.0 Å². The average molecular weight is 259 g/mol. The number of hydrogen-bond donors (Lipinski definition) is 2. The number of rotatable bonds is 4. The lowest BCUT2D eigenvalue weighted by atomic mass is 10.1. The van der Waals surface area contributed by atoms with Gasteiger partial charge in [0.2, 0.25) is 0 Å². The molecule has 0 bridgehead atoms. The number of benzene rings is 1. The molecule has 3 nitrogen and oxygen atoms in total. The van der Waals surface area contributed by atoms with Crippen LogP contribution in [0.25, 0.3) is 0 Å². The molecule has 1 rings (SSSR count). The predicted molar refractivity (Wildman–Crippen MR) is 56.1 cm³/mol. The van der Waals surface area contributed by atoms with Gasteiger partial charge in [-0.3, -0.25) is 0 Å². The number of hydrogen-bond acceptors (Lipinski definition) is 2. The molecule has 0 heterocycles. The van der Waals surface area contributed by atoms with Crippen LogP contribution in [0.15, 0.2) is 28.7 Å². The molecule has 0 aliphatic rings. The van der Waals surface area contributed by atoms with E-state index in [1.165, 1.54) is 0 Å². The Bertz CT molecular complexity index is 325. The highest BCUT2D eigenvalue weighted by Gasteiger charge is 2.12. The fraction of sp³-hybridized carbons (Fsp3) is 0.300. The third-order valence-corrected chi connectivity index (χ3v) is 2.70. The van der Waals surface area contributed by atoms with E-state index in [0.29, 0.717) is 6.42 Å². The Morgan fingerprint density at radius 3 is 2.64 bits per heavy atom. The molecular formula is C10H11BrO3. The molecule has 0 amide bonds. The molecule has 0 aliphatic carbocycles. The molecule has 0 aliphatic heterocycles. The molecule has 1 atom stereocenters. The van der Waals surface area contributed by atoms with Crippen molar-refractivity contribution in [2.24, 2.45) is 0 Å². The second kappa shape index (κ2) is 5.12. The number of aryl methyl sites for hydroxylation is 1. The first kappa shape index (κ1) is 11.2. The van der Waals surface area contributed by atoms with Gasteiger partial charge < -0.3 is 10.2 Å². The van der Waals surface area contributed by atoms with Gasteiger partial charge in [0.05, 0.1) is 0 Å². The predicted octanol–water partition coefficient (Wildman–Crippen LogP) is 1.83. The Hall–Kier alpha value is -0.870. The zero-order valence-electron chi connectivity index (χ0n) is 7.48. The number of aliphatic hydroxyl groups excluding tert-OH is 1. The maximum atomic E-state index is 10.3. The summed E-state index contributed by atoms with van der Waals surface area (Å²) in [6.07, 6.45) is -0.491. The summed E-state index contributed by atoms with van der Waals surface area (Å²) in [6.45, 7) is 0. The molecule has 1 aromatic rings. The number of carboxylic acids is 1. The number of halogens is 1. The van der Waals surface area contributed by atoms with E-state index in [1.807, 2.05) is 24.3 Å². The topological polar surface area (TPSA) is 57.5 Å². The van der Waals surface area contributed by atoms with Crippen LogP contribution < -0.4 is 0 Å². The summed E-state index contributed by atoms with van der Waals surface area (Å²) in [5.41, 5.74) is 1.01. The molecule has 0 saturated heterocycles. The molecule has 0 fully saturated rings. The molecular weight excluding hydrogens is 248 g/mol. The van der Waals surface area contributed by atoms with Crippen molar-refractivity contribution in [1.29, 1.82) is 0 Å². The van der Waals surface area contributed by atoms with E-state index in [2.05, 4.69) is 15.9 Å². The first-order valence-corrected chi connectivity index (χ1v) is 5.05. The van der Waals surface area contributed by atoms with Crippen LogP contribution in [0.5, 0.6) is 0 Å². The summed E-state index contributed by atoms with van der Waals surface area (Å²) in [5, 5.41) is 17.5. The molecule has 1 aromatic carbocycles. The third-order valence-electron chi connectivity index (χ3n) is 1.93. The van der Waals surface area contributed by atoms with Crippen molar-refractivity contribution in [3.05, 3.63) is 34.3 Å². The van der Waals surface area contributed by atoms with Gasteiger partial charge >= 0.3 is 5.97 Å². The van der Waals surface area contributed by atoms with Gasteiger partial charge in [-0.25, -0.2) is 4.79 Å². The zero-order valence-corrected chi connectivity index (χ0v) is 9.07. The van der Waals surface area contributed by atoms with Crippen LogP contribution in [0.1, 0.15) is 12.0 Å². The fourth-order valence-corrected chi connectivity index (χ4v) is 1.60. The van der Waals surface area contributed by atoms with Gasteiger partial charge in [-0.2, -0.15) is 0 Å². The standard InChI is InChI=1S/C10H11BrO3/c11-8-4-2-1-3-7(8)5-6-9(12)10(13)14/h1-4,9,12H,5-6H2,(H,13,14). The van der Waals surface area contributed by atoms with Crippen molar-refractivity contribution in [2.45, 2.75) is 18.9 Å². The molecule has 14 heavy (non-hydrogen) atoms. The summed E-state index contributed by atoms with van der Waals surface area (Å²) in [5.74, 6) is -1.17. The summed E-state index contributed by atoms with van der Waals surface area (Å²) < 4.78 is 0.942. The van der Waals surface area contributed by atoms with Crippen LogP contribution in [0.3, 0.4) is 0 Å². The molecule has 0 saturated carbocycles. The number of aliphatic hydroxyl groups is 1. The minimum absolute atomic E-state index is 0.234. The highest BCUT2D eigenvalue weighted by molar-refractivity contribution is 9.10. The van der Waals surface area contributed by atoms with E-state index >= 15 is 0 Å². The minimum atomic E-state index is -1.28. The van der Waals surface area contributed by atoms with Crippen LogP contribution >= 0.6 is 15.9 Å². The van der Waals surface area contributed by atoms with E-state index in [9.17, 15) is 4.79 Å². The molecule has 4 heteroatoms. The quantitative estimate of drug-likeness (QED) is 0.867. The molecule has 0 aromatic heterocycles. The summed E-state index contributed by atoms with van der Waals surface area (Å²) in [4.78, 5) is 10.3. The SMILES string of the molecule is O=C(O)C(O)CCc1ccccc1Br. The highest BCUT2D eigenvalue weighted by atomic mass is 79.9. The van der Waals surface area contributed by atoms with Crippen molar-refractivity contribution in [3.63, 3.8) is 0 Å². The lowest BCUT2D eigenvalue weighted by Crippen LogP contribution is -2.19. The van der Waals surface area contributed by atoms with Crippen molar-refractivity contribution in [2.75, 3.05) is 0 Å². The van der Waals surface area contributed by atoms with Crippen LogP contribution in [0.2, 0.25) is 0 Å². The molecule has 0 radical (unpaired) electrons. The Balaban J connectivity index is 2.54. The highest BCUT2D eigenvalue weighted by Crippen LogP contribution is 2.17. The number of carboxylic acid groups (broad SMARTS) is 1. The van der Waals surface area contributed by atoms with E-state index in [4.69, 9.17) is 10.2 Å². The lowest BCUT2D eigenvalue weighted by Gasteiger charge is -2.06. The van der Waals surface area contributed by atoms with E-state index in [1.54, 1.807) is 0 Å². The van der Waals surface area contributed by atoms with Gasteiger partial charge in [0.15, 0.2) is 6.10 Å². The van der Waals surface area contributed by atoms with Crippen LogP contribution in [0.4, 0.5) is 0 Å². The third kappa shape index (κ3) is 3.12. The van der Waals surface area contributed by atoms with Crippen molar-refractivity contribution < 1.29 is 15.0 Å². The first-order chi connectivity index (χ1) is 6.61. The van der Waals surface area contributed by atoms with E-state index in [-0.39, 0.29) is 6.42 Å². The Morgan fingerprint density at radius 2 is 2.07 bits per heavy atom. The maximum Gasteiger partial charge on any atom is 0.332 e. The lowest BCUT2D eigenvalue weighted by molar-refractivity contribution is -0.146. The fourth-order valence-electron chi connectivity index (χ4n) is 1.12. The van der Waals surface area contributed by atoms with Gasteiger partial charge in [-0.15, -0.1) is 0 Å². The van der Waals surface area contributed by atoms with Gasteiger partial charge in [0.1, 0.15) is 0 Å². The normalized spacial score (nSPS) is 12.4. The molecule has 1 unspecified atom stereocenters. The van der Waals surface area contributed by atoms with Crippen LogP contribution in [0, 0.1) is 0 Å². The number of carbonyl (C=O) groups is 1. The van der Waals surface area contributed by atoms with Crippen molar-refractivity contribution in [1.82, 2.24) is 0 Å². The van der Waals surface area contributed by atoms with Gasteiger partial charge in [-0.1, -0.05) is 34.1 Å². The van der Waals surface area contributed by atoms with E-state index < -0.39 is 12.1 Å². The van der Waals surface area contributed by atoms with Gasteiger partial charge in [-0.05, 0) is 24.5 Å². The Morgan fingerprint density at radius 1 is 1.43 bits per heavy atom. The van der Waals surface area contributed by atoms with Gasteiger partial charge in [0, 0.05) is 4.47 Å². The summed E-state index contributed by atoms with van der Waals surface area (Å²) in [7, 11) is 0. The van der Waals surface area contributed by atoms with Crippen LogP contribution in [-0.4, -0.2) is 22.3 Å². The first-order valence-electron chi connectivity index (χ1n) is 4.25. The smallest absolute Gasteiger partial charge is 0.332 e. The maximum absolute atomic E-state index is 10.3. The van der Waals surface area contributed by atoms with Crippen molar-refractivity contribution in [3.8, 4) is 0 Å². The summed E-state index contributed by atoms with van der Waals surface area (Å²) in [6, 6.07) is 7.57. The monoisotopic (exact) mass is 258 g/mol. The van der Waals surface area contributed by atoms with Crippen molar-refractivity contribution >= 4 is 21.9 Å². The van der Waals surface area contributed by atoms with Gasteiger partial charge in [0.25, 0.3) is 0 Å². The molecule has 2 N–H and O–H groups in total.